The second kappa shape index (κ2) is 20.5. The topological polar surface area (TPSA) is 134 Å². The van der Waals surface area contributed by atoms with Gasteiger partial charge in [0.2, 0.25) is 23.6 Å². The molecule has 8 rings (SSSR count). The van der Waals surface area contributed by atoms with E-state index < -0.39 is 47.9 Å². The lowest BCUT2D eigenvalue weighted by Crippen LogP contribution is -2.56. The van der Waals surface area contributed by atoms with Crippen molar-refractivity contribution in [2.24, 2.45) is 11.8 Å². The SMILES string of the molecule is CC(C)N1CC(C(=O)N(Cc2ccc(-c3nnc(C(F)F)o3)cc2F)c2cccc(F)c2)C1.Cl.O=C(C1CNC1)N(Cc1ccc(-c2nnc(C(F)F)o2)cc1F)c1cccc(F)c1. The number of carbonyl (C=O) groups excluding carboxylic acids is 2. The number of likely N-dealkylation sites (tertiary alicyclic amines) is 1. The van der Waals surface area contributed by atoms with Crippen molar-refractivity contribution in [1.29, 1.82) is 0 Å². The zero-order valence-electron chi connectivity index (χ0n) is 33.9. The van der Waals surface area contributed by atoms with Gasteiger partial charge in [-0.15, -0.1) is 32.8 Å². The third kappa shape index (κ3) is 10.9. The highest BCUT2D eigenvalue weighted by atomic mass is 35.5. The number of amides is 2. The number of aromatic nitrogens is 4. The van der Waals surface area contributed by atoms with Crippen molar-refractivity contribution >= 4 is 35.6 Å². The van der Waals surface area contributed by atoms with Crippen LogP contribution in [0.1, 0.15) is 49.6 Å². The molecule has 2 aliphatic rings. The Balaban J connectivity index is 0.000000210. The number of nitrogens with one attached hydrogen (secondary N) is 1. The first-order chi connectivity index (χ1) is 30.1. The van der Waals surface area contributed by atoms with Crippen molar-refractivity contribution in [3.8, 4) is 22.9 Å². The van der Waals surface area contributed by atoms with E-state index in [9.17, 15) is 44.7 Å². The smallest absolute Gasteiger partial charge is 0.314 e. The Hall–Kier alpha value is -6.25. The van der Waals surface area contributed by atoms with Gasteiger partial charge in [0, 0.05) is 65.8 Å². The normalized spacial score (nSPS) is 14.1. The summed E-state index contributed by atoms with van der Waals surface area (Å²) in [6.45, 7) is 5.97. The van der Waals surface area contributed by atoms with Gasteiger partial charge in [0.15, 0.2) is 0 Å². The number of rotatable bonds is 13. The van der Waals surface area contributed by atoms with Crippen molar-refractivity contribution < 1.29 is 53.5 Å². The van der Waals surface area contributed by atoms with E-state index in [-0.39, 0.29) is 83.2 Å². The maximum atomic E-state index is 14.9. The van der Waals surface area contributed by atoms with Gasteiger partial charge in [0.1, 0.15) is 23.3 Å². The molecule has 0 radical (unpaired) electrons. The summed E-state index contributed by atoms with van der Waals surface area (Å²) in [5.74, 6) is -5.61. The summed E-state index contributed by atoms with van der Waals surface area (Å²) in [5.41, 5.74) is 1.23. The van der Waals surface area contributed by atoms with Crippen LogP contribution in [0.3, 0.4) is 0 Å². The summed E-state index contributed by atoms with van der Waals surface area (Å²) >= 11 is 0. The molecule has 0 spiro atoms. The Bertz CT molecular complexity index is 2570. The van der Waals surface area contributed by atoms with Crippen LogP contribution in [0.15, 0.2) is 93.8 Å². The van der Waals surface area contributed by atoms with Crippen molar-refractivity contribution in [2.75, 3.05) is 36.0 Å². The standard InChI is InChI=1S/C23H22F4N4O2.C20H16F4N4O2.ClH/c1-13(2)30-10-16(11-30)23(32)31(18-5-3-4-17(24)9-18)12-15-7-6-14(8-19(15)25)21-28-29-22(33-21)20(26)27;21-14-2-1-3-15(7-14)28(20(29)13-8-25-9-13)10-12-5-4-11(6-16(12)22)18-26-27-19(30-18)17(23)24;/h3-9,13,16,20H,10-12H2,1-2H3;1-7,13,17,25H,8-10H2;1H. The van der Waals surface area contributed by atoms with E-state index >= 15 is 0 Å². The van der Waals surface area contributed by atoms with E-state index in [1.807, 2.05) is 13.8 Å². The first-order valence-electron chi connectivity index (χ1n) is 19.5. The van der Waals surface area contributed by atoms with E-state index in [4.69, 9.17) is 8.83 Å². The fraction of sp³-hybridized carbons (Fsp3) is 0.302. The quantitative estimate of drug-likeness (QED) is 0.112. The van der Waals surface area contributed by atoms with Gasteiger partial charge in [-0.3, -0.25) is 14.5 Å². The minimum Gasteiger partial charge on any atom is -0.415 e. The van der Waals surface area contributed by atoms with Gasteiger partial charge in [-0.2, -0.15) is 17.6 Å². The summed E-state index contributed by atoms with van der Waals surface area (Å²) in [5, 5.41) is 16.5. The van der Waals surface area contributed by atoms with E-state index in [2.05, 4.69) is 30.6 Å². The molecule has 2 aromatic heterocycles. The van der Waals surface area contributed by atoms with Crippen LogP contribution < -0.4 is 15.1 Å². The largest absolute Gasteiger partial charge is 0.415 e. The second-order valence-corrected chi connectivity index (χ2v) is 15.0. The first kappa shape index (κ1) is 47.2. The molecule has 2 fully saturated rings. The van der Waals surface area contributed by atoms with Crippen LogP contribution in [-0.4, -0.2) is 69.3 Å². The lowest BCUT2D eigenvalue weighted by molar-refractivity contribution is -0.128. The van der Waals surface area contributed by atoms with Gasteiger partial charge in [-0.05, 0) is 74.5 Å². The molecule has 0 saturated carbocycles. The first-order valence-corrected chi connectivity index (χ1v) is 19.5. The Morgan fingerprint density at radius 1 is 0.656 bits per heavy atom. The summed E-state index contributed by atoms with van der Waals surface area (Å²) in [6, 6.07) is 19.2. The number of halogens is 9. The van der Waals surface area contributed by atoms with Gasteiger partial charge < -0.3 is 24.0 Å². The zero-order valence-corrected chi connectivity index (χ0v) is 34.7. The average molecular weight is 919 g/mol. The molecule has 0 aliphatic carbocycles. The maximum Gasteiger partial charge on any atom is 0.314 e. The van der Waals surface area contributed by atoms with Crippen LogP contribution in [0.2, 0.25) is 0 Å². The van der Waals surface area contributed by atoms with Crippen LogP contribution in [0.4, 0.5) is 46.5 Å². The summed E-state index contributed by atoms with van der Waals surface area (Å²) in [6.07, 6.45) is -5.86. The molecular formula is C43H39ClF8N8O4. The monoisotopic (exact) mass is 918 g/mol. The molecule has 4 heterocycles. The third-order valence-corrected chi connectivity index (χ3v) is 10.4. The minimum absolute atomic E-state index is 0. The molecule has 6 aromatic rings. The molecule has 2 saturated heterocycles. The molecule has 0 bridgehead atoms. The second-order valence-electron chi connectivity index (χ2n) is 15.0. The Labute approximate surface area is 366 Å². The average Bonchev–Trinajstić information content (AvgIpc) is 3.91. The fourth-order valence-corrected chi connectivity index (χ4v) is 6.71. The number of hydrogen-bond donors (Lipinski definition) is 1. The van der Waals surface area contributed by atoms with Crippen molar-refractivity contribution in [1.82, 2.24) is 30.6 Å². The molecule has 21 heteroatoms. The van der Waals surface area contributed by atoms with Crippen LogP contribution >= 0.6 is 12.4 Å². The summed E-state index contributed by atoms with van der Waals surface area (Å²) in [4.78, 5) is 30.9. The Morgan fingerprint density at radius 2 is 1.09 bits per heavy atom. The molecule has 0 atom stereocenters. The van der Waals surface area contributed by atoms with Gasteiger partial charge in [0.05, 0.1) is 24.9 Å². The predicted molar refractivity (Wildman–Crippen MR) is 218 cm³/mol. The van der Waals surface area contributed by atoms with E-state index in [1.54, 1.807) is 12.1 Å². The number of benzene rings is 4. The highest BCUT2D eigenvalue weighted by Crippen LogP contribution is 2.31. The minimum atomic E-state index is -2.93. The van der Waals surface area contributed by atoms with Crippen LogP contribution in [0.5, 0.6) is 0 Å². The molecule has 2 amide bonds. The highest BCUT2D eigenvalue weighted by molar-refractivity contribution is 5.96. The number of carbonyl (C=O) groups is 2. The van der Waals surface area contributed by atoms with E-state index in [0.717, 1.165) is 12.1 Å². The number of alkyl halides is 4. The molecule has 1 N–H and O–H groups in total. The van der Waals surface area contributed by atoms with Crippen molar-refractivity contribution in [3.05, 3.63) is 131 Å². The zero-order chi connectivity index (χ0) is 44.9. The van der Waals surface area contributed by atoms with E-state index in [1.165, 1.54) is 70.5 Å². The lowest BCUT2D eigenvalue weighted by atomic mass is 9.96. The molecule has 12 nitrogen and oxygen atoms in total. The molecule has 2 aliphatic heterocycles. The predicted octanol–water partition coefficient (Wildman–Crippen LogP) is 8.95. The molecular weight excluding hydrogens is 880 g/mol. The third-order valence-electron chi connectivity index (χ3n) is 10.4. The van der Waals surface area contributed by atoms with Crippen LogP contribution in [0.25, 0.3) is 22.9 Å². The van der Waals surface area contributed by atoms with Crippen LogP contribution in [-0.2, 0) is 22.7 Å². The van der Waals surface area contributed by atoms with Gasteiger partial charge in [-0.1, -0.05) is 24.3 Å². The maximum absolute atomic E-state index is 14.9. The summed E-state index contributed by atoms with van der Waals surface area (Å²) in [7, 11) is 0. The lowest BCUT2D eigenvalue weighted by Gasteiger charge is -2.43. The highest BCUT2D eigenvalue weighted by Gasteiger charge is 2.37. The number of hydrogen-bond acceptors (Lipinski definition) is 10. The molecule has 338 valence electrons. The van der Waals surface area contributed by atoms with E-state index in [0.29, 0.717) is 43.6 Å². The van der Waals surface area contributed by atoms with Crippen molar-refractivity contribution in [2.45, 2.75) is 45.8 Å². The Morgan fingerprint density at radius 3 is 1.44 bits per heavy atom. The van der Waals surface area contributed by atoms with Crippen molar-refractivity contribution in [3.63, 3.8) is 0 Å². The van der Waals surface area contributed by atoms with Crippen LogP contribution in [0, 0.1) is 35.1 Å². The fourth-order valence-electron chi connectivity index (χ4n) is 6.71. The molecule has 0 unspecified atom stereocenters. The summed E-state index contributed by atoms with van der Waals surface area (Å²) < 4.78 is 118. The molecule has 64 heavy (non-hydrogen) atoms. The van der Waals surface area contributed by atoms with Gasteiger partial charge in [0.25, 0.3) is 11.8 Å². The number of anilines is 2. The number of nitrogens with zero attached hydrogens (tertiary/aromatic N) is 7. The Kier molecular flexibility index (Phi) is 15.1. The van der Waals surface area contributed by atoms with Gasteiger partial charge >= 0.3 is 12.9 Å². The molecule has 4 aromatic carbocycles. The van der Waals surface area contributed by atoms with Gasteiger partial charge in [-0.25, -0.2) is 17.6 Å².